The van der Waals surface area contributed by atoms with Gasteiger partial charge in [0, 0.05) is 0 Å². The van der Waals surface area contributed by atoms with E-state index in [0.29, 0.717) is 0 Å². The first-order valence-corrected chi connectivity index (χ1v) is 6.83. The predicted molar refractivity (Wildman–Crippen MR) is 37.2 cm³/mol. The average molecular weight is 282 g/mol. The molecule has 0 saturated carbocycles. The maximum Gasteiger partial charge on any atom is 1.00 e. The molecule has 0 bridgehead atoms. The first-order valence-electron chi connectivity index (χ1n) is 2.28. The minimum absolute atomic E-state index is 0. The fourth-order valence-electron chi connectivity index (χ4n) is 0.284. The van der Waals surface area contributed by atoms with Gasteiger partial charge in [0.1, 0.15) is 0 Å². The molecule has 14 heteroatoms. The molecule has 82 valence electrons. The van der Waals surface area contributed by atoms with Crippen LogP contribution >= 0.6 is 23.5 Å². The quantitative estimate of drug-likeness (QED) is 0.256. The third-order valence-electron chi connectivity index (χ3n) is 0.419. The molecule has 0 aromatic carbocycles. The maximum atomic E-state index is 10.4. The zero-order chi connectivity index (χ0) is 10.9. The topological polar surface area (TPSA) is 171 Å². The van der Waals surface area contributed by atoms with Crippen LogP contribution in [-0.4, -0.2) is 24.5 Å². The SMILES string of the molecule is O=P(O)(O)OP(=O)(O)OP(=O)(O)O.[H-].[Na+]. The van der Waals surface area contributed by atoms with E-state index in [1.165, 1.54) is 0 Å². The van der Waals surface area contributed by atoms with Crippen LogP contribution in [0.15, 0.2) is 0 Å². The smallest absolute Gasteiger partial charge is 1.00 e. The van der Waals surface area contributed by atoms with Crippen LogP contribution in [0.25, 0.3) is 0 Å². The van der Waals surface area contributed by atoms with Crippen LogP contribution in [-0.2, 0) is 22.3 Å². The Bertz CT molecular complexity index is 283. The molecule has 5 N–H and O–H groups in total. The molecule has 0 atom stereocenters. The van der Waals surface area contributed by atoms with E-state index in [4.69, 9.17) is 24.5 Å². The van der Waals surface area contributed by atoms with E-state index in [0.717, 1.165) is 0 Å². The molecule has 10 nitrogen and oxygen atoms in total. The van der Waals surface area contributed by atoms with Gasteiger partial charge in [0.2, 0.25) is 0 Å². The first-order chi connectivity index (χ1) is 5.41. The molecule has 0 aromatic rings. The van der Waals surface area contributed by atoms with Crippen LogP contribution in [0.4, 0.5) is 0 Å². The van der Waals surface area contributed by atoms with Crippen LogP contribution in [0.5, 0.6) is 0 Å². The van der Waals surface area contributed by atoms with Gasteiger partial charge < -0.3 is 25.9 Å². The van der Waals surface area contributed by atoms with Crippen molar-refractivity contribution in [2.24, 2.45) is 0 Å². The Labute approximate surface area is 101 Å². The van der Waals surface area contributed by atoms with Crippen molar-refractivity contribution in [2.75, 3.05) is 0 Å². The Morgan fingerprint density at radius 2 is 1.00 bits per heavy atom. The molecule has 0 radical (unpaired) electrons. The molecule has 0 aliphatic carbocycles. The number of rotatable bonds is 4. The van der Waals surface area contributed by atoms with Crippen molar-refractivity contribution in [1.82, 2.24) is 0 Å². The van der Waals surface area contributed by atoms with Crippen molar-refractivity contribution in [1.29, 1.82) is 0 Å². The molecule has 0 unspecified atom stereocenters. The van der Waals surface area contributed by atoms with Crippen molar-refractivity contribution < 1.29 is 77.8 Å². The van der Waals surface area contributed by atoms with Crippen LogP contribution in [0, 0.1) is 0 Å². The Hall–Kier alpha value is 1.41. The minimum Gasteiger partial charge on any atom is -1.00 e. The second-order valence-corrected chi connectivity index (χ2v) is 5.82. The van der Waals surface area contributed by atoms with E-state index in [9.17, 15) is 13.7 Å². The Morgan fingerprint density at radius 3 is 1.14 bits per heavy atom. The van der Waals surface area contributed by atoms with Crippen molar-refractivity contribution in [2.45, 2.75) is 0 Å². The summed E-state index contributed by atoms with van der Waals surface area (Å²) in [6, 6.07) is 0. The van der Waals surface area contributed by atoms with Crippen molar-refractivity contribution >= 4 is 23.5 Å². The third-order valence-corrected chi connectivity index (χ3v) is 3.77. The molecule has 0 heterocycles. The molecule has 0 saturated heterocycles. The second kappa shape index (κ2) is 5.65. The average Bonchev–Trinajstić information content (AvgIpc) is 1.43. The minimum atomic E-state index is -5.46. The predicted octanol–water partition coefficient (Wildman–Crippen LogP) is -3.58. The summed E-state index contributed by atoms with van der Waals surface area (Å²) in [4.78, 5) is 40.2. The molecular weight excluding hydrogens is 276 g/mol. The van der Waals surface area contributed by atoms with E-state index in [-0.39, 0.29) is 31.0 Å². The van der Waals surface area contributed by atoms with E-state index >= 15 is 0 Å². The van der Waals surface area contributed by atoms with Gasteiger partial charge in [-0.15, -0.1) is 0 Å². The Balaban J connectivity index is -0.000000720. The van der Waals surface area contributed by atoms with Crippen LogP contribution < -0.4 is 29.6 Å². The van der Waals surface area contributed by atoms with Gasteiger partial charge in [0.25, 0.3) is 0 Å². The van der Waals surface area contributed by atoms with Gasteiger partial charge in [-0.2, -0.15) is 8.62 Å². The third kappa shape index (κ3) is 11.5. The first kappa shape index (κ1) is 17.8. The fourth-order valence-corrected chi connectivity index (χ4v) is 2.82. The van der Waals surface area contributed by atoms with Crippen molar-refractivity contribution in [3.05, 3.63) is 0 Å². The summed E-state index contributed by atoms with van der Waals surface area (Å²) < 4.78 is 36.4. The van der Waals surface area contributed by atoms with E-state index < -0.39 is 23.5 Å². The van der Waals surface area contributed by atoms with Crippen molar-refractivity contribution in [3.8, 4) is 0 Å². The summed E-state index contributed by atoms with van der Waals surface area (Å²) in [6.07, 6.45) is 0. The van der Waals surface area contributed by atoms with E-state index in [1.54, 1.807) is 0 Å². The molecule has 0 aliphatic heterocycles. The molecule has 0 rings (SSSR count). The summed E-state index contributed by atoms with van der Waals surface area (Å²) >= 11 is 0. The molecule has 0 amide bonds. The molecular formula is H6NaO10P3. The van der Waals surface area contributed by atoms with Crippen LogP contribution in [0.3, 0.4) is 0 Å². The number of hydrogen-bond donors (Lipinski definition) is 5. The molecule has 14 heavy (non-hydrogen) atoms. The maximum absolute atomic E-state index is 10.4. The number of hydrogen-bond acceptors (Lipinski definition) is 5. The summed E-state index contributed by atoms with van der Waals surface area (Å²) in [6.45, 7) is 0. The normalized spacial score (nSPS) is 13.5. The van der Waals surface area contributed by atoms with Crippen LogP contribution in [0.1, 0.15) is 1.43 Å². The summed E-state index contributed by atoms with van der Waals surface area (Å²) in [7, 11) is -16.2. The van der Waals surface area contributed by atoms with Gasteiger partial charge in [-0.1, -0.05) is 0 Å². The monoisotopic (exact) mass is 282 g/mol. The van der Waals surface area contributed by atoms with Gasteiger partial charge in [0.15, 0.2) is 0 Å². The zero-order valence-electron chi connectivity index (χ0n) is 7.62. The molecule has 0 aliphatic rings. The summed E-state index contributed by atoms with van der Waals surface area (Å²) in [5.41, 5.74) is 0. The summed E-state index contributed by atoms with van der Waals surface area (Å²) in [5.74, 6) is 0. The molecule has 0 fully saturated rings. The zero-order valence-corrected chi connectivity index (χ0v) is 11.3. The second-order valence-electron chi connectivity index (χ2n) is 1.61. The van der Waals surface area contributed by atoms with Gasteiger partial charge >= 0.3 is 53.0 Å². The Kier molecular flexibility index (Phi) is 7.19. The van der Waals surface area contributed by atoms with Gasteiger partial charge in [0.05, 0.1) is 0 Å². The van der Waals surface area contributed by atoms with Gasteiger partial charge in [-0.25, -0.2) is 13.7 Å². The van der Waals surface area contributed by atoms with Gasteiger partial charge in [-0.3, -0.25) is 0 Å². The Morgan fingerprint density at radius 1 is 0.786 bits per heavy atom. The number of phosphoric acid groups is 3. The van der Waals surface area contributed by atoms with Gasteiger partial charge in [-0.05, 0) is 0 Å². The van der Waals surface area contributed by atoms with E-state index in [1.807, 2.05) is 0 Å². The molecule has 0 aromatic heterocycles. The standard InChI is InChI=1S/Na.H5O10P3.H/c;1-11(2,3)9-13(7,8)10-12(4,5)6;/h;(H,7,8)(H2,1,2,3)(H2,4,5,6);/q+1;;-1. The van der Waals surface area contributed by atoms with Crippen molar-refractivity contribution in [3.63, 3.8) is 0 Å². The fraction of sp³-hybridized carbons (Fsp3) is 0. The largest absolute Gasteiger partial charge is 1.00 e. The molecule has 0 spiro atoms. The van der Waals surface area contributed by atoms with E-state index in [2.05, 4.69) is 8.62 Å². The van der Waals surface area contributed by atoms with Crippen LogP contribution in [0.2, 0.25) is 0 Å². The summed E-state index contributed by atoms with van der Waals surface area (Å²) in [5, 5.41) is 0.